The molecule has 0 bridgehead atoms. The molecule has 2 aromatic heterocycles. The Morgan fingerprint density at radius 1 is 1.50 bits per heavy atom. The van der Waals surface area contributed by atoms with Crippen molar-refractivity contribution in [1.82, 2.24) is 24.8 Å². The summed E-state index contributed by atoms with van der Waals surface area (Å²) in [6, 6.07) is 1.90. The molecule has 0 saturated carbocycles. The van der Waals surface area contributed by atoms with Crippen LogP contribution in [-0.2, 0) is 11.8 Å². The number of rotatable bonds is 5. The number of nitrogens with zero attached hydrogens (tertiary/aromatic N) is 5. The van der Waals surface area contributed by atoms with E-state index in [4.69, 9.17) is 4.52 Å². The highest BCUT2D eigenvalue weighted by Gasteiger charge is 2.31. The van der Waals surface area contributed by atoms with Crippen molar-refractivity contribution >= 4 is 11.7 Å². The standard InChI is InChI=1S/C16H24N6O2/c1-10(2)16-18-15(20-24-16)12-6-5-7-22(12)9-14(23)17-13-8-11(3)19-21(13)4/h8,10,12H,5-7,9H2,1-4H3,(H,17,23). The summed E-state index contributed by atoms with van der Waals surface area (Å²) in [5.41, 5.74) is 0.875. The first-order valence-corrected chi connectivity index (χ1v) is 8.32. The summed E-state index contributed by atoms with van der Waals surface area (Å²) in [7, 11) is 1.81. The molecule has 1 fully saturated rings. The number of hydrogen-bond donors (Lipinski definition) is 1. The SMILES string of the molecule is Cc1cc(NC(=O)CN2CCCC2c2noc(C(C)C)n2)n(C)n1. The normalized spacial score (nSPS) is 18.5. The van der Waals surface area contributed by atoms with Crippen LogP contribution in [0.15, 0.2) is 10.6 Å². The molecular weight excluding hydrogens is 308 g/mol. The van der Waals surface area contributed by atoms with Crippen molar-refractivity contribution in [3.8, 4) is 0 Å². The van der Waals surface area contributed by atoms with E-state index >= 15 is 0 Å². The molecule has 1 aliphatic rings. The van der Waals surface area contributed by atoms with E-state index in [0.29, 0.717) is 24.1 Å². The minimum atomic E-state index is -0.0579. The predicted molar refractivity (Wildman–Crippen MR) is 88.5 cm³/mol. The van der Waals surface area contributed by atoms with Gasteiger partial charge in [-0.1, -0.05) is 19.0 Å². The molecule has 1 atom stereocenters. The summed E-state index contributed by atoms with van der Waals surface area (Å²) in [5.74, 6) is 2.18. The van der Waals surface area contributed by atoms with Gasteiger partial charge in [0.15, 0.2) is 5.82 Å². The number of hydrogen-bond acceptors (Lipinski definition) is 6. The van der Waals surface area contributed by atoms with Gasteiger partial charge in [0.1, 0.15) is 5.82 Å². The van der Waals surface area contributed by atoms with Crippen LogP contribution >= 0.6 is 0 Å². The van der Waals surface area contributed by atoms with Gasteiger partial charge in [-0.15, -0.1) is 0 Å². The summed E-state index contributed by atoms with van der Waals surface area (Å²) in [6.07, 6.45) is 1.96. The lowest BCUT2D eigenvalue weighted by Crippen LogP contribution is -2.33. The van der Waals surface area contributed by atoms with Gasteiger partial charge < -0.3 is 9.84 Å². The third-order valence-corrected chi connectivity index (χ3v) is 4.23. The molecular formula is C16H24N6O2. The number of nitrogens with one attached hydrogen (secondary N) is 1. The highest BCUT2D eigenvalue weighted by Crippen LogP contribution is 2.30. The highest BCUT2D eigenvalue weighted by molar-refractivity contribution is 5.91. The monoisotopic (exact) mass is 332 g/mol. The summed E-state index contributed by atoms with van der Waals surface area (Å²) in [4.78, 5) is 19.0. The van der Waals surface area contributed by atoms with E-state index in [1.807, 2.05) is 33.9 Å². The summed E-state index contributed by atoms with van der Waals surface area (Å²) < 4.78 is 6.98. The second-order valence-electron chi connectivity index (χ2n) is 6.62. The molecule has 24 heavy (non-hydrogen) atoms. The quantitative estimate of drug-likeness (QED) is 0.901. The zero-order chi connectivity index (χ0) is 17.3. The van der Waals surface area contributed by atoms with Crippen LogP contribution in [-0.4, -0.2) is 43.8 Å². The number of amides is 1. The molecule has 1 aliphatic heterocycles. The summed E-state index contributed by atoms with van der Waals surface area (Å²) >= 11 is 0. The highest BCUT2D eigenvalue weighted by atomic mass is 16.5. The van der Waals surface area contributed by atoms with Crippen LogP contribution in [0.5, 0.6) is 0 Å². The van der Waals surface area contributed by atoms with E-state index in [1.165, 1.54) is 0 Å². The van der Waals surface area contributed by atoms with Crippen molar-refractivity contribution in [3.05, 3.63) is 23.5 Å². The van der Waals surface area contributed by atoms with Crippen LogP contribution in [0.25, 0.3) is 0 Å². The van der Waals surface area contributed by atoms with Crippen molar-refractivity contribution < 1.29 is 9.32 Å². The molecule has 2 aromatic rings. The van der Waals surface area contributed by atoms with Gasteiger partial charge in [-0.2, -0.15) is 10.1 Å². The van der Waals surface area contributed by atoms with Gasteiger partial charge >= 0.3 is 0 Å². The third-order valence-electron chi connectivity index (χ3n) is 4.23. The lowest BCUT2D eigenvalue weighted by molar-refractivity contribution is -0.117. The molecule has 3 heterocycles. The van der Waals surface area contributed by atoms with Gasteiger partial charge in [-0.05, 0) is 26.3 Å². The Hall–Kier alpha value is -2.22. The lowest BCUT2D eigenvalue weighted by Gasteiger charge is -2.21. The summed E-state index contributed by atoms with van der Waals surface area (Å²) in [6.45, 7) is 7.10. The van der Waals surface area contributed by atoms with E-state index in [-0.39, 0.29) is 17.9 Å². The maximum atomic E-state index is 12.4. The molecule has 0 aromatic carbocycles. The van der Waals surface area contributed by atoms with Crippen molar-refractivity contribution in [2.24, 2.45) is 7.05 Å². The molecule has 0 spiro atoms. The van der Waals surface area contributed by atoms with E-state index in [2.05, 4.69) is 25.5 Å². The first-order valence-electron chi connectivity index (χ1n) is 8.32. The second kappa shape index (κ2) is 6.72. The minimum Gasteiger partial charge on any atom is -0.339 e. The van der Waals surface area contributed by atoms with E-state index in [1.54, 1.807) is 4.68 Å². The van der Waals surface area contributed by atoms with Crippen molar-refractivity contribution in [3.63, 3.8) is 0 Å². The molecule has 8 nitrogen and oxygen atoms in total. The predicted octanol–water partition coefficient (Wildman–Crippen LogP) is 2.01. The van der Waals surface area contributed by atoms with Crippen LogP contribution in [0.1, 0.15) is 56.1 Å². The Morgan fingerprint density at radius 3 is 2.92 bits per heavy atom. The number of carbonyl (C=O) groups is 1. The molecule has 1 saturated heterocycles. The fourth-order valence-electron chi connectivity index (χ4n) is 3.02. The Balaban J connectivity index is 1.64. The largest absolute Gasteiger partial charge is 0.339 e. The van der Waals surface area contributed by atoms with Crippen molar-refractivity contribution in [1.29, 1.82) is 0 Å². The number of anilines is 1. The fourth-order valence-corrected chi connectivity index (χ4v) is 3.02. The molecule has 3 rings (SSSR count). The lowest BCUT2D eigenvalue weighted by atomic mass is 10.2. The average Bonchev–Trinajstić information content (AvgIpc) is 3.19. The van der Waals surface area contributed by atoms with Gasteiger partial charge in [0.25, 0.3) is 0 Å². The molecule has 8 heteroatoms. The zero-order valence-electron chi connectivity index (χ0n) is 14.6. The maximum Gasteiger partial charge on any atom is 0.239 e. The first kappa shape index (κ1) is 16.6. The number of likely N-dealkylation sites (tertiary alicyclic amines) is 1. The Kier molecular flexibility index (Phi) is 4.66. The number of aryl methyl sites for hydroxylation is 2. The van der Waals surface area contributed by atoms with E-state index < -0.39 is 0 Å². The molecule has 0 aliphatic carbocycles. The Morgan fingerprint density at radius 2 is 2.29 bits per heavy atom. The van der Waals surface area contributed by atoms with E-state index in [9.17, 15) is 4.79 Å². The van der Waals surface area contributed by atoms with Gasteiger partial charge in [0.2, 0.25) is 11.8 Å². The molecule has 130 valence electrons. The first-order chi connectivity index (χ1) is 11.4. The van der Waals surface area contributed by atoms with Crippen LogP contribution in [0, 0.1) is 6.92 Å². The average molecular weight is 332 g/mol. The number of carbonyl (C=O) groups excluding carboxylic acids is 1. The summed E-state index contributed by atoms with van der Waals surface area (Å²) in [5, 5.41) is 11.2. The molecule has 0 radical (unpaired) electrons. The van der Waals surface area contributed by atoms with Crippen LogP contribution in [0.4, 0.5) is 5.82 Å². The second-order valence-corrected chi connectivity index (χ2v) is 6.62. The van der Waals surface area contributed by atoms with E-state index in [0.717, 1.165) is 25.1 Å². The van der Waals surface area contributed by atoms with Gasteiger partial charge in [-0.3, -0.25) is 14.4 Å². The molecule has 1 N–H and O–H groups in total. The van der Waals surface area contributed by atoms with Gasteiger partial charge in [0.05, 0.1) is 18.3 Å². The fraction of sp³-hybridized carbons (Fsp3) is 0.625. The Bertz CT molecular complexity index is 720. The third kappa shape index (κ3) is 3.48. The van der Waals surface area contributed by atoms with Crippen LogP contribution in [0.2, 0.25) is 0 Å². The van der Waals surface area contributed by atoms with Gasteiger partial charge in [-0.25, -0.2) is 0 Å². The van der Waals surface area contributed by atoms with Gasteiger partial charge in [0, 0.05) is 19.0 Å². The smallest absolute Gasteiger partial charge is 0.239 e. The van der Waals surface area contributed by atoms with Crippen LogP contribution in [0.3, 0.4) is 0 Å². The Labute approximate surface area is 141 Å². The molecule has 1 unspecified atom stereocenters. The molecule has 1 amide bonds. The van der Waals surface area contributed by atoms with Crippen molar-refractivity contribution in [2.45, 2.75) is 45.6 Å². The van der Waals surface area contributed by atoms with Crippen LogP contribution < -0.4 is 5.32 Å². The van der Waals surface area contributed by atoms with Crippen molar-refractivity contribution in [2.75, 3.05) is 18.4 Å². The minimum absolute atomic E-state index is 0.0419. The number of aromatic nitrogens is 4. The topological polar surface area (TPSA) is 89.1 Å². The maximum absolute atomic E-state index is 12.4. The zero-order valence-corrected chi connectivity index (χ0v) is 14.6.